The van der Waals surface area contributed by atoms with Gasteiger partial charge < -0.3 is 18.9 Å². The van der Waals surface area contributed by atoms with Gasteiger partial charge in [0.05, 0.1) is 24.4 Å². The number of aryl methyl sites for hydroxylation is 1. The van der Waals surface area contributed by atoms with E-state index in [0.29, 0.717) is 19.1 Å². The molecule has 4 rings (SSSR count). The van der Waals surface area contributed by atoms with Crippen LogP contribution >= 0.6 is 0 Å². The van der Waals surface area contributed by atoms with E-state index in [9.17, 15) is 0 Å². The highest BCUT2D eigenvalue weighted by Gasteiger charge is 2.16. The second-order valence-electron chi connectivity index (χ2n) is 8.87. The van der Waals surface area contributed by atoms with E-state index < -0.39 is 0 Å². The molecule has 0 aliphatic carbocycles. The van der Waals surface area contributed by atoms with Crippen LogP contribution in [0.15, 0.2) is 42.5 Å². The Hall–Kier alpha value is -2.79. The van der Waals surface area contributed by atoms with Crippen LogP contribution in [0.2, 0.25) is 0 Å². The summed E-state index contributed by atoms with van der Waals surface area (Å²) in [7, 11) is 0. The van der Waals surface area contributed by atoms with E-state index in [1.54, 1.807) is 0 Å². The van der Waals surface area contributed by atoms with Crippen molar-refractivity contribution in [3.8, 4) is 17.2 Å². The third-order valence-electron chi connectivity index (χ3n) is 6.15. The SMILES string of the molecule is CCCCOc1c(C)c(COc2cc(C)cc(OCC3CCOCC3)c2)nc2ccccc12. The van der Waals surface area contributed by atoms with Crippen molar-refractivity contribution in [3.63, 3.8) is 0 Å². The van der Waals surface area contributed by atoms with Crippen molar-refractivity contribution < 1.29 is 18.9 Å². The monoisotopic (exact) mass is 449 g/mol. The van der Waals surface area contributed by atoms with Crippen molar-refractivity contribution >= 4 is 10.9 Å². The Morgan fingerprint density at radius 2 is 1.73 bits per heavy atom. The molecule has 0 saturated carbocycles. The summed E-state index contributed by atoms with van der Waals surface area (Å²) in [6.45, 7) is 9.77. The summed E-state index contributed by atoms with van der Waals surface area (Å²) in [5, 5.41) is 1.05. The molecule has 0 unspecified atom stereocenters. The molecule has 1 aliphatic rings. The van der Waals surface area contributed by atoms with Crippen LogP contribution in [0.5, 0.6) is 17.2 Å². The van der Waals surface area contributed by atoms with Gasteiger partial charge in [0.15, 0.2) is 0 Å². The molecule has 0 radical (unpaired) electrons. The molecular formula is C28H35NO4. The Bertz CT molecular complexity index is 1060. The topological polar surface area (TPSA) is 49.8 Å². The van der Waals surface area contributed by atoms with Crippen molar-refractivity contribution in [3.05, 3.63) is 59.3 Å². The Balaban J connectivity index is 1.48. The minimum atomic E-state index is 0.379. The van der Waals surface area contributed by atoms with E-state index in [0.717, 1.165) is 90.5 Å². The van der Waals surface area contributed by atoms with Gasteiger partial charge in [-0.05, 0) is 68.9 Å². The molecule has 1 saturated heterocycles. The summed E-state index contributed by atoms with van der Waals surface area (Å²) in [5.41, 5.74) is 3.97. The molecule has 0 atom stereocenters. The third-order valence-corrected chi connectivity index (χ3v) is 6.15. The normalized spacial score (nSPS) is 14.4. The van der Waals surface area contributed by atoms with Crippen molar-refractivity contribution in [2.75, 3.05) is 26.4 Å². The predicted octanol–water partition coefficient (Wildman–Crippen LogP) is 6.41. The van der Waals surface area contributed by atoms with E-state index in [2.05, 4.69) is 32.9 Å². The van der Waals surface area contributed by atoms with Crippen LogP contribution in [0.3, 0.4) is 0 Å². The molecule has 176 valence electrons. The lowest BCUT2D eigenvalue weighted by molar-refractivity contribution is 0.0497. The molecule has 0 bridgehead atoms. The fourth-order valence-corrected chi connectivity index (χ4v) is 4.13. The lowest BCUT2D eigenvalue weighted by Crippen LogP contribution is -2.21. The molecule has 3 aromatic rings. The van der Waals surface area contributed by atoms with E-state index >= 15 is 0 Å². The first-order valence-corrected chi connectivity index (χ1v) is 12.1. The average molecular weight is 450 g/mol. The lowest BCUT2D eigenvalue weighted by Gasteiger charge is -2.22. The van der Waals surface area contributed by atoms with Gasteiger partial charge in [0.1, 0.15) is 23.9 Å². The van der Waals surface area contributed by atoms with Crippen LogP contribution in [0.4, 0.5) is 0 Å². The molecule has 5 nitrogen and oxygen atoms in total. The molecule has 2 aromatic carbocycles. The zero-order valence-electron chi connectivity index (χ0n) is 20.1. The number of rotatable bonds is 10. The fourth-order valence-electron chi connectivity index (χ4n) is 4.13. The first kappa shape index (κ1) is 23.4. The summed E-state index contributed by atoms with van der Waals surface area (Å²) < 4.78 is 23.9. The van der Waals surface area contributed by atoms with Crippen LogP contribution in [-0.4, -0.2) is 31.4 Å². The number of hydrogen-bond acceptors (Lipinski definition) is 5. The number of pyridine rings is 1. The number of ether oxygens (including phenoxy) is 4. The van der Waals surface area contributed by atoms with Crippen molar-refractivity contribution in [1.82, 2.24) is 4.98 Å². The van der Waals surface area contributed by atoms with Gasteiger partial charge in [0, 0.05) is 30.2 Å². The molecule has 0 N–H and O–H groups in total. The summed E-state index contributed by atoms with van der Waals surface area (Å²) in [5.74, 6) is 3.11. The molecule has 0 amide bonds. The van der Waals surface area contributed by atoms with Crippen LogP contribution in [-0.2, 0) is 11.3 Å². The number of hydrogen-bond donors (Lipinski definition) is 0. The minimum Gasteiger partial charge on any atom is -0.493 e. The smallest absolute Gasteiger partial charge is 0.133 e. The number of benzene rings is 2. The van der Waals surface area contributed by atoms with Gasteiger partial charge in [-0.3, -0.25) is 0 Å². The summed E-state index contributed by atoms with van der Waals surface area (Å²) >= 11 is 0. The number of fused-ring (bicyclic) bond motifs is 1. The molecule has 1 aromatic heterocycles. The second-order valence-corrected chi connectivity index (χ2v) is 8.87. The van der Waals surface area contributed by atoms with E-state index in [4.69, 9.17) is 23.9 Å². The maximum atomic E-state index is 6.20. The maximum absolute atomic E-state index is 6.20. The van der Waals surface area contributed by atoms with E-state index in [1.165, 1.54) is 0 Å². The fraction of sp³-hybridized carbons (Fsp3) is 0.464. The summed E-state index contributed by atoms with van der Waals surface area (Å²) in [6.07, 6.45) is 4.25. The van der Waals surface area contributed by atoms with E-state index in [1.807, 2.05) is 30.3 Å². The Labute approximate surface area is 197 Å². The van der Waals surface area contributed by atoms with Gasteiger partial charge in [-0.25, -0.2) is 4.98 Å². The van der Waals surface area contributed by atoms with Crippen LogP contribution in [0.1, 0.15) is 49.4 Å². The van der Waals surface area contributed by atoms with Crippen LogP contribution in [0.25, 0.3) is 10.9 Å². The van der Waals surface area contributed by atoms with Crippen LogP contribution < -0.4 is 14.2 Å². The predicted molar refractivity (Wildman–Crippen MR) is 131 cm³/mol. The molecule has 0 spiro atoms. The number of aromatic nitrogens is 1. The zero-order chi connectivity index (χ0) is 23.0. The molecule has 1 aliphatic heterocycles. The van der Waals surface area contributed by atoms with Gasteiger partial charge in [-0.2, -0.15) is 0 Å². The quantitative estimate of drug-likeness (QED) is 0.335. The molecule has 2 heterocycles. The van der Waals surface area contributed by atoms with Gasteiger partial charge in [0.25, 0.3) is 0 Å². The second kappa shape index (κ2) is 11.4. The minimum absolute atomic E-state index is 0.379. The Kier molecular flexibility index (Phi) is 8.05. The van der Waals surface area contributed by atoms with Crippen molar-refractivity contribution in [1.29, 1.82) is 0 Å². The number of unbranched alkanes of at least 4 members (excludes halogenated alkanes) is 1. The van der Waals surface area contributed by atoms with Crippen LogP contribution in [0, 0.1) is 19.8 Å². The van der Waals surface area contributed by atoms with Crippen molar-refractivity contribution in [2.24, 2.45) is 5.92 Å². The highest BCUT2D eigenvalue weighted by Crippen LogP contribution is 2.32. The van der Waals surface area contributed by atoms with E-state index in [-0.39, 0.29) is 0 Å². The van der Waals surface area contributed by atoms with Gasteiger partial charge in [0.2, 0.25) is 0 Å². The Morgan fingerprint density at radius 3 is 2.52 bits per heavy atom. The van der Waals surface area contributed by atoms with Crippen molar-refractivity contribution in [2.45, 2.75) is 53.1 Å². The number of nitrogens with zero attached hydrogens (tertiary/aromatic N) is 1. The molecule has 1 fully saturated rings. The summed E-state index contributed by atoms with van der Waals surface area (Å²) in [6, 6.07) is 14.2. The highest BCUT2D eigenvalue weighted by molar-refractivity contribution is 5.86. The molecule has 33 heavy (non-hydrogen) atoms. The maximum Gasteiger partial charge on any atom is 0.133 e. The highest BCUT2D eigenvalue weighted by atomic mass is 16.5. The zero-order valence-corrected chi connectivity index (χ0v) is 20.1. The van der Waals surface area contributed by atoms with Gasteiger partial charge in [-0.15, -0.1) is 0 Å². The first-order valence-electron chi connectivity index (χ1n) is 12.1. The Morgan fingerprint density at radius 1 is 0.970 bits per heavy atom. The average Bonchev–Trinajstić information content (AvgIpc) is 2.83. The molecule has 5 heteroatoms. The number of para-hydroxylation sites is 1. The lowest BCUT2D eigenvalue weighted by atomic mass is 10.0. The largest absolute Gasteiger partial charge is 0.493 e. The third kappa shape index (κ3) is 6.17. The summed E-state index contributed by atoms with van der Waals surface area (Å²) in [4.78, 5) is 4.87. The standard InChI is InChI=1S/C28H35NO4/c1-4-5-12-31-28-21(3)27(29-26-9-7-6-8-25(26)28)19-33-24-16-20(2)15-23(17-24)32-18-22-10-13-30-14-11-22/h6-9,15-17,22H,4-5,10-14,18-19H2,1-3H3. The van der Waals surface area contributed by atoms with Gasteiger partial charge >= 0.3 is 0 Å². The van der Waals surface area contributed by atoms with Gasteiger partial charge in [-0.1, -0.05) is 25.5 Å². The molecular weight excluding hydrogens is 414 g/mol. The first-order chi connectivity index (χ1) is 16.1.